The van der Waals surface area contributed by atoms with Crippen molar-refractivity contribution in [1.29, 1.82) is 0 Å². The van der Waals surface area contributed by atoms with Crippen LogP contribution in [0.25, 0.3) is 6.08 Å². The standard InChI is InChI=1S/C15H20O5/c1-5-11(15(17)20-6-2)7-10-8-12(18-3)14(16)13(9-10)19-4/h7-9,16H,5-6H2,1-4H3/b11-7+. The summed E-state index contributed by atoms with van der Waals surface area (Å²) < 4.78 is 15.1. The highest BCUT2D eigenvalue weighted by atomic mass is 16.5. The first-order valence-corrected chi connectivity index (χ1v) is 6.40. The van der Waals surface area contributed by atoms with E-state index in [1.165, 1.54) is 14.2 Å². The molecule has 0 heterocycles. The molecule has 0 bridgehead atoms. The van der Waals surface area contributed by atoms with Gasteiger partial charge in [0.25, 0.3) is 0 Å². The Morgan fingerprint density at radius 1 is 1.20 bits per heavy atom. The van der Waals surface area contributed by atoms with Crippen molar-refractivity contribution in [3.8, 4) is 17.2 Å². The van der Waals surface area contributed by atoms with Crippen LogP contribution in [-0.4, -0.2) is 31.9 Å². The summed E-state index contributed by atoms with van der Waals surface area (Å²) in [6.07, 6.45) is 2.24. The van der Waals surface area contributed by atoms with E-state index in [4.69, 9.17) is 14.2 Å². The Kier molecular flexibility index (Phi) is 5.90. The molecule has 0 radical (unpaired) electrons. The first kappa shape index (κ1) is 15.9. The second-order valence-corrected chi connectivity index (χ2v) is 4.02. The molecule has 0 saturated heterocycles. The number of phenolic OH excluding ortho intramolecular Hbond substituents is 1. The van der Waals surface area contributed by atoms with Crippen molar-refractivity contribution >= 4 is 12.0 Å². The summed E-state index contributed by atoms with van der Waals surface area (Å²) in [5.74, 6) is 0.159. The zero-order chi connectivity index (χ0) is 15.1. The van der Waals surface area contributed by atoms with Crippen LogP contribution in [0.1, 0.15) is 25.8 Å². The van der Waals surface area contributed by atoms with Crippen LogP contribution in [0.2, 0.25) is 0 Å². The highest BCUT2D eigenvalue weighted by Crippen LogP contribution is 2.37. The van der Waals surface area contributed by atoms with Gasteiger partial charge in [0, 0.05) is 5.57 Å². The normalized spacial score (nSPS) is 11.1. The van der Waals surface area contributed by atoms with E-state index in [0.29, 0.717) is 24.2 Å². The van der Waals surface area contributed by atoms with E-state index in [1.54, 1.807) is 25.1 Å². The summed E-state index contributed by atoms with van der Waals surface area (Å²) in [6, 6.07) is 3.26. The number of phenols is 1. The maximum atomic E-state index is 11.8. The Labute approximate surface area is 118 Å². The van der Waals surface area contributed by atoms with Gasteiger partial charge in [-0.25, -0.2) is 4.79 Å². The molecule has 0 unspecified atom stereocenters. The number of methoxy groups -OCH3 is 2. The molecule has 1 aromatic rings. The lowest BCUT2D eigenvalue weighted by atomic mass is 10.1. The number of rotatable bonds is 6. The van der Waals surface area contributed by atoms with Crippen molar-refractivity contribution in [3.05, 3.63) is 23.3 Å². The molecule has 0 aliphatic heterocycles. The van der Waals surface area contributed by atoms with Gasteiger partial charge in [0.15, 0.2) is 11.5 Å². The van der Waals surface area contributed by atoms with Crippen molar-refractivity contribution in [1.82, 2.24) is 0 Å². The minimum atomic E-state index is -0.346. The number of carbonyl (C=O) groups is 1. The van der Waals surface area contributed by atoms with E-state index in [9.17, 15) is 9.90 Å². The molecule has 0 atom stereocenters. The van der Waals surface area contributed by atoms with Gasteiger partial charge in [-0.15, -0.1) is 0 Å². The van der Waals surface area contributed by atoms with Gasteiger partial charge in [0.1, 0.15) is 0 Å². The van der Waals surface area contributed by atoms with Crippen LogP contribution in [0.5, 0.6) is 17.2 Å². The highest BCUT2D eigenvalue weighted by Gasteiger charge is 2.13. The minimum Gasteiger partial charge on any atom is -0.502 e. The van der Waals surface area contributed by atoms with Gasteiger partial charge in [-0.1, -0.05) is 6.92 Å². The van der Waals surface area contributed by atoms with Gasteiger partial charge in [0.2, 0.25) is 5.75 Å². The Hall–Kier alpha value is -2.17. The molecule has 110 valence electrons. The summed E-state index contributed by atoms with van der Waals surface area (Å²) in [6.45, 7) is 3.97. The third-order valence-electron chi connectivity index (χ3n) is 2.76. The summed E-state index contributed by atoms with van der Waals surface area (Å²) in [5, 5.41) is 9.84. The first-order chi connectivity index (χ1) is 9.57. The van der Waals surface area contributed by atoms with Gasteiger partial charge in [-0.2, -0.15) is 0 Å². The second-order valence-electron chi connectivity index (χ2n) is 4.02. The number of aromatic hydroxyl groups is 1. The number of hydrogen-bond acceptors (Lipinski definition) is 5. The van der Waals surface area contributed by atoms with Crippen molar-refractivity contribution < 1.29 is 24.1 Å². The smallest absolute Gasteiger partial charge is 0.333 e. The second kappa shape index (κ2) is 7.43. The first-order valence-electron chi connectivity index (χ1n) is 6.40. The number of hydrogen-bond donors (Lipinski definition) is 1. The Morgan fingerprint density at radius 3 is 2.15 bits per heavy atom. The zero-order valence-electron chi connectivity index (χ0n) is 12.2. The number of ether oxygens (including phenoxy) is 3. The summed E-state index contributed by atoms with van der Waals surface area (Å²) >= 11 is 0. The molecule has 0 spiro atoms. The van der Waals surface area contributed by atoms with Crippen molar-refractivity contribution in [3.63, 3.8) is 0 Å². The quantitative estimate of drug-likeness (QED) is 0.641. The third-order valence-corrected chi connectivity index (χ3v) is 2.76. The molecule has 0 aliphatic carbocycles. The lowest BCUT2D eigenvalue weighted by Crippen LogP contribution is -2.06. The van der Waals surface area contributed by atoms with E-state index < -0.39 is 0 Å². The predicted octanol–water partition coefficient (Wildman–Crippen LogP) is 2.77. The third kappa shape index (κ3) is 3.66. The van der Waals surface area contributed by atoms with Crippen molar-refractivity contribution in [2.75, 3.05) is 20.8 Å². The maximum Gasteiger partial charge on any atom is 0.333 e. The van der Waals surface area contributed by atoms with Crippen molar-refractivity contribution in [2.45, 2.75) is 20.3 Å². The minimum absolute atomic E-state index is 0.0682. The van der Waals surface area contributed by atoms with Crippen LogP contribution in [0.4, 0.5) is 0 Å². The molecule has 0 saturated carbocycles. The molecule has 0 amide bonds. The lowest BCUT2D eigenvalue weighted by Gasteiger charge is -2.10. The maximum absolute atomic E-state index is 11.8. The fourth-order valence-corrected chi connectivity index (χ4v) is 1.73. The molecule has 1 aromatic carbocycles. The fourth-order valence-electron chi connectivity index (χ4n) is 1.73. The number of carbonyl (C=O) groups excluding carboxylic acids is 1. The fraction of sp³-hybridized carbons (Fsp3) is 0.400. The molecule has 0 aromatic heterocycles. The van der Waals surface area contributed by atoms with Gasteiger partial charge in [-0.3, -0.25) is 0 Å². The average Bonchev–Trinajstić information content (AvgIpc) is 2.46. The molecule has 1 rings (SSSR count). The number of esters is 1. The summed E-state index contributed by atoms with van der Waals surface area (Å²) in [5.41, 5.74) is 1.24. The molecular weight excluding hydrogens is 260 g/mol. The van der Waals surface area contributed by atoms with Gasteiger partial charge in [0.05, 0.1) is 20.8 Å². The summed E-state index contributed by atoms with van der Waals surface area (Å²) in [4.78, 5) is 11.8. The molecule has 1 N–H and O–H groups in total. The Morgan fingerprint density at radius 2 is 1.75 bits per heavy atom. The predicted molar refractivity (Wildman–Crippen MR) is 76.1 cm³/mol. The van der Waals surface area contributed by atoms with Gasteiger partial charge in [-0.05, 0) is 37.1 Å². The number of benzene rings is 1. The molecular formula is C15H20O5. The SMILES string of the molecule is CCOC(=O)/C(=C/c1cc(OC)c(O)c(OC)c1)CC. The van der Waals surface area contributed by atoms with Gasteiger partial charge >= 0.3 is 5.97 Å². The monoisotopic (exact) mass is 280 g/mol. The molecule has 5 heteroatoms. The van der Waals surface area contributed by atoms with Gasteiger partial charge < -0.3 is 19.3 Å². The van der Waals surface area contributed by atoms with Crippen LogP contribution < -0.4 is 9.47 Å². The van der Waals surface area contributed by atoms with Crippen molar-refractivity contribution in [2.24, 2.45) is 0 Å². The molecule has 20 heavy (non-hydrogen) atoms. The van der Waals surface area contributed by atoms with Crippen LogP contribution in [0.15, 0.2) is 17.7 Å². The zero-order valence-corrected chi connectivity index (χ0v) is 12.2. The van der Waals surface area contributed by atoms with E-state index in [1.807, 2.05) is 6.92 Å². The Balaban J connectivity index is 3.21. The topological polar surface area (TPSA) is 65.0 Å². The van der Waals surface area contributed by atoms with E-state index in [2.05, 4.69) is 0 Å². The lowest BCUT2D eigenvalue weighted by molar-refractivity contribution is -0.138. The van der Waals surface area contributed by atoms with Crippen LogP contribution in [0.3, 0.4) is 0 Å². The van der Waals surface area contributed by atoms with Crippen LogP contribution >= 0.6 is 0 Å². The molecule has 0 aliphatic rings. The van der Waals surface area contributed by atoms with Crippen LogP contribution in [-0.2, 0) is 9.53 Å². The summed E-state index contributed by atoms with van der Waals surface area (Å²) in [7, 11) is 2.90. The molecule has 0 fully saturated rings. The molecule has 5 nitrogen and oxygen atoms in total. The van der Waals surface area contributed by atoms with Crippen LogP contribution in [0, 0.1) is 0 Å². The Bertz CT molecular complexity index is 480. The highest BCUT2D eigenvalue weighted by molar-refractivity contribution is 5.93. The largest absolute Gasteiger partial charge is 0.502 e. The average molecular weight is 280 g/mol. The van der Waals surface area contributed by atoms with E-state index >= 15 is 0 Å². The van der Waals surface area contributed by atoms with E-state index in [-0.39, 0.29) is 23.2 Å². The van der Waals surface area contributed by atoms with E-state index in [0.717, 1.165) is 0 Å².